The summed E-state index contributed by atoms with van der Waals surface area (Å²) < 4.78 is 12.0. The van der Waals surface area contributed by atoms with E-state index in [0.29, 0.717) is 13.1 Å². The molecule has 1 saturated heterocycles. The molecule has 56 valence electrons. The molecule has 0 saturated carbocycles. The standard InChI is InChI=1S/C4H8FNO.C2H6/c5-3-1-6-2-4(3)7;1-2/h3-4,6-7H,1-2H2;1-2H3. The van der Waals surface area contributed by atoms with Crippen LogP contribution in [0.25, 0.3) is 0 Å². The van der Waals surface area contributed by atoms with Crippen molar-refractivity contribution in [3.63, 3.8) is 0 Å². The molecule has 0 bridgehead atoms. The molecule has 2 atom stereocenters. The van der Waals surface area contributed by atoms with Gasteiger partial charge in [-0.25, -0.2) is 4.39 Å². The van der Waals surface area contributed by atoms with Crippen LogP contribution in [-0.4, -0.2) is 30.5 Å². The van der Waals surface area contributed by atoms with Crippen LogP contribution >= 0.6 is 0 Å². The Morgan fingerprint density at radius 3 is 2.11 bits per heavy atom. The van der Waals surface area contributed by atoms with Gasteiger partial charge in [0.05, 0.1) is 6.10 Å². The Morgan fingerprint density at radius 2 is 2.00 bits per heavy atom. The summed E-state index contributed by atoms with van der Waals surface area (Å²) in [7, 11) is 0. The molecule has 0 aromatic heterocycles. The number of aliphatic hydroxyl groups is 1. The molecule has 0 spiro atoms. The maximum atomic E-state index is 12.0. The van der Waals surface area contributed by atoms with E-state index in [1.165, 1.54) is 0 Å². The van der Waals surface area contributed by atoms with E-state index in [9.17, 15) is 4.39 Å². The summed E-state index contributed by atoms with van der Waals surface area (Å²) in [5.41, 5.74) is 0. The molecule has 9 heavy (non-hydrogen) atoms. The number of rotatable bonds is 0. The molecule has 0 amide bonds. The minimum atomic E-state index is -1.04. The molecule has 2 N–H and O–H groups in total. The Balaban J connectivity index is 0.000000291. The maximum absolute atomic E-state index is 12.0. The average molecular weight is 135 g/mol. The van der Waals surface area contributed by atoms with Crippen LogP contribution < -0.4 is 5.32 Å². The fraction of sp³-hybridized carbons (Fsp3) is 1.00. The number of hydrogen-bond donors (Lipinski definition) is 2. The minimum Gasteiger partial charge on any atom is -0.389 e. The van der Waals surface area contributed by atoms with E-state index in [0.717, 1.165) is 0 Å². The van der Waals surface area contributed by atoms with Crippen LogP contribution in [0.4, 0.5) is 4.39 Å². The third kappa shape index (κ3) is 2.77. The Hall–Kier alpha value is -0.150. The lowest BCUT2D eigenvalue weighted by atomic mass is 10.3. The molecule has 2 nitrogen and oxygen atoms in total. The van der Waals surface area contributed by atoms with Crippen LogP contribution in [-0.2, 0) is 0 Å². The highest BCUT2D eigenvalue weighted by molar-refractivity contribution is 4.79. The second-order valence-electron chi connectivity index (χ2n) is 1.74. The molecular weight excluding hydrogens is 121 g/mol. The van der Waals surface area contributed by atoms with Gasteiger partial charge in [0.1, 0.15) is 6.17 Å². The SMILES string of the molecule is CC.OC1CNCC1F. The summed E-state index contributed by atoms with van der Waals surface area (Å²) in [5, 5.41) is 11.3. The van der Waals surface area contributed by atoms with Gasteiger partial charge in [-0.2, -0.15) is 0 Å². The molecule has 1 heterocycles. The van der Waals surface area contributed by atoms with Gasteiger partial charge in [-0.05, 0) is 0 Å². The number of nitrogens with one attached hydrogen (secondary N) is 1. The van der Waals surface area contributed by atoms with Gasteiger partial charge < -0.3 is 10.4 Å². The van der Waals surface area contributed by atoms with Crippen molar-refractivity contribution in [1.82, 2.24) is 5.32 Å². The van der Waals surface area contributed by atoms with Crippen molar-refractivity contribution in [1.29, 1.82) is 0 Å². The third-order valence-corrected chi connectivity index (χ3v) is 1.11. The monoisotopic (exact) mass is 135 g/mol. The fourth-order valence-corrected chi connectivity index (χ4v) is 0.633. The summed E-state index contributed by atoms with van der Waals surface area (Å²) in [5.74, 6) is 0. The number of β-amino-alcohol motifs (C(OH)–C–C–N with tert-alkyl or cyclic N) is 1. The second-order valence-corrected chi connectivity index (χ2v) is 1.74. The van der Waals surface area contributed by atoms with Crippen molar-refractivity contribution >= 4 is 0 Å². The van der Waals surface area contributed by atoms with Crippen LogP contribution in [0.1, 0.15) is 13.8 Å². The van der Waals surface area contributed by atoms with Crippen LogP contribution in [0.2, 0.25) is 0 Å². The first-order valence-electron chi connectivity index (χ1n) is 3.33. The lowest BCUT2D eigenvalue weighted by Crippen LogP contribution is -2.17. The van der Waals surface area contributed by atoms with Gasteiger partial charge in [-0.3, -0.25) is 0 Å². The van der Waals surface area contributed by atoms with E-state index in [-0.39, 0.29) is 0 Å². The van der Waals surface area contributed by atoms with E-state index in [1.807, 2.05) is 13.8 Å². The largest absolute Gasteiger partial charge is 0.389 e. The molecule has 1 fully saturated rings. The minimum absolute atomic E-state index is 0.307. The molecule has 0 aliphatic carbocycles. The van der Waals surface area contributed by atoms with Gasteiger partial charge in [-0.15, -0.1) is 0 Å². The quantitative estimate of drug-likeness (QED) is 0.501. The zero-order valence-corrected chi connectivity index (χ0v) is 5.89. The summed E-state index contributed by atoms with van der Waals surface area (Å²) >= 11 is 0. The Bertz CT molecular complexity index is 62.1. The number of halogens is 1. The first-order chi connectivity index (χ1) is 4.30. The number of hydrogen-bond acceptors (Lipinski definition) is 2. The lowest BCUT2D eigenvalue weighted by molar-refractivity contribution is 0.118. The third-order valence-electron chi connectivity index (χ3n) is 1.11. The first-order valence-corrected chi connectivity index (χ1v) is 3.33. The van der Waals surface area contributed by atoms with E-state index in [1.54, 1.807) is 0 Å². The van der Waals surface area contributed by atoms with Gasteiger partial charge in [0, 0.05) is 13.1 Å². The smallest absolute Gasteiger partial charge is 0.139 e. The Labute approximate surface area is 55.1 Å². The van der Waals surface area contributed by atoms with Crippen LogP contribution in [0.15, 0.2) is 0 Å². The summed E-state index contributed by atoms with van der Waals surface area (Å²) in [4.78, 5) is 0. The Kier molecular flexibility index (Phi) is 4.62. The van der Waals surface area contributed by atoms with Crippen molar-refractivity contribution < 1.29 is 9.50 Å². The number of alkyl halides is 1. The molecule has 1 rings (SSSR count). The van der Waals surface area contributed by atoms with Crippen molar-refractivity contribution in [2.75, 3.05) is 13.1 Å². The highest BCUT2D eigenvalue weighted by Gasteiger charge is 2.23. The predicted octanol–water partition coefficient (Wildman–Crippen LogP) is 0.315. The van der Waals surface area contributed by atoms with Crippen LogP contribution in [0, 0.1) is 0 Å². The van der Waals surface area contributed by atoms with Gasteiger partial charge in [0.15, 0.2) is 0 Å². The van der Waals surface area contributed by atoms with Gasteiger partial charge in [0.25, 0.3) is 0 Å². The lowest BCUT2D eigenvalue weighted by Gasteiger charge is -1.98. The summed E-state index contributed by atoms with van der Waals surface area (Å²) in [6.45, 7) is 4.71. The molecule has 1 aliphatic heterocycles. The molecular formula is C6H14FNO. The zero-order valence-electron chi connectivity index (χ0n) is 5.89. The summed E-state index contributed by atoms with van der Waals surface area (Å²) in [6, 6.07) is 0. The maximum Gasteiger partial charge on any atom is 0.139 e. The topological polar surface area (TPSA) is 32.3 Å². The van der Waals surface area contributed by atoms with Gasteiger partial charge in [0.2, 0.25) is 0 Å². The molecule has 0 aromatic rings. The van der Waals surface area contributed by atoms with Crippen molar-refractivity contribution in [3.8, 4) is 0 Å². The molecule has 0 aromatic carbocycles. The predicted molar refractivity (Wildman–Crippen MR) is 35.1 cm³/mol. The first kappa shape index (κ1) is 8.85. The van der Waals surface area contributed by atoms with E-state index in [4.69, 9.17) is 5.11 Å². The normalized spacial score (nSPS) is 33.3. The van der Waals surface area contributed by atoms with Crippen molar-refractivity contribution in [2.24, 2.45) is 0 Å². The van der Waals surface area contributed by atoms with E-state index in [2.05, 4.69) is 5.32 Å². The number of aliphatic hydroxyl groups excluding tert-OH is 1. The molecule has 3 heteroatoms. The highest BCUT2D eigenvalue weighted by Crippen LogP contribution is 2.01. The summed E-state index contributed by atoms with van der Waals surface area (Å²) in [6.07, 6.45) is -1.81. The second kappa shape index (κ2) is 4.70. The zero-order chi connectivity index (χ0) is 7.28. The van der Waals surface area contributed by atoms with Gasteiger partial charge in [-0.1, -0.05) is 13.8 Å². The van der Waals surface area contributed by atoms with E-state index >= 15 is 0 Å². The molecule has 2 unspecified atom stereocenters. The van der Waals surface area contributed by atoms with Crippen molar-refractivity contribution in [2.45, 2.75) is 26.1 Å². The molecule has 0 radical (unpaired) electrons. The average Bonchev–Trinajstić information content (AvgIpc) is 2.23. The van der Waals surface area contributed by atoms with E-state index < -0.39 is 12.3 Å². The molecule has 1 aliphatic rings. The Morgan fingerprint density at radius 1 is 1.44 bits per heavy atom. The van der Waals surface area contributed by atoms with Crippen LogP contribution in [0.5, 0.6) is 0 Å². The van der Waals surface area contributed by atoms with Crippen molar-refractivity contribution in [3.05, 3.63) is 0 Å². The van der Waals surface area contributed by atoms with Crippen LogP contribution in [0.3, 0.4) is 0 Å². The fourth-order valence-electron chi connectivity index (χ4n) is 0.633. The highest BCUT2D eigenvalue weighted by atomic mass is 19.1. The van der Waals surface area contributed by atoms with Gasteiger partial charge >= 0.3 is 0 Å².